The summed E-state index contributed by atoms with van der Waals surface area (Å²) in [6, 6.07) is 0. The predicted octanol–water partition coefficient (Wildman–Crippen LogP) is 2.16. The maximum absolute atomic E-state index is 8.63. The SMILES string of the molecule is CCCCCCCCCCC[CH2][Na].O=S(=O)([O-])O.O=S(=O)([O-])[O-].[La+3]. The molecule has 0 fully saturated rings. The summed E-state index contributed by atoms with van der Waals surface area (Å²) in [4.78, 5) is 0. The van der Waals surface area contributed by atoms with Gasteiger partial charge in [0.15, 0.2) is 0 Å². The second kappa shape index (κ2) is 23.0. The summed E-state index contributed by atoms with van der Waals surface area (Å²) >= 11 is 1.41. The van der Waals surface area contributed by atoms with Gasteiger partial charge in [-0.25, -0.2) is 8.42 Å². The third-order valence-electron chi connectivity index (χ3n) is 2.71. The fourth-order valence-corrected chi connectivity index (χ4v) is 2.24. The average Bonchev–Trinajstić information content (AvgIpc) is 2.33. The van der Waals surface area contributed by atoms with E-state index in [1.807, 2.05) is 0 Å². The quantitative estimate of drug-likeness (QED) is 0.197. The molecule has 0 radical (unpaired) electrons. The minimum absolute atomic E-state index is 0. The zero-order chi connectivity index (χ0) is 18.8. The Labute approximate surface area is 192 Å². The van der Waals surface area contributed by atoms with E-state index in [0.29, 0.717) is 0 Å². The van der Waals surface area contributed by atoms with E-state index in [9.17, 15) is 0 Å². The van der Waals surface area contributed by atoms with Crippen molar-refractivity contribution in [3.63, 3.8) is 0 Å². The average molecular weight is 524 g/mol. The molecule has 0 aromatic rings. The van der Waals surface area contributed by atoms with E-state index in [2.05, 4.69) is 6.92 Å². The first-order valence-electron chi connectivity index (χ1n) is 7.76. The Morgan fingerprint density at radius 2 is 0.958 bits per heavy atom. The first-order valence-corrected chi connectivity index (χ1v) is 11.9. The van der Waals surface area contributed by atoms with Gasteiger partial charge in [-0.15, -0.1) is 0 Å². The van der Waals surface area contributed by atoms with E-state index in [0.717, 1.165) is 0 Å². The van der Waals surface area contributed by atoms with E-state index < -0.39 is 20.8 Å². The van der Waals surface area contributed by atoms with Gasteiger partial charge in [0.05, 0.1) is 0 Å². The molecule has 1 N–H and O–H groups in total. The van der Waals surface area contributed by atoms with E-state index >= 15 is 0 Å². The van der Waals surface area contributed by atoms with Crippen LogP contribution in [0.4, 0.5) is 0 Å². The summed E-state index contributed by atoms with van der Waals surface area (Å²) in [5, 5.41) is 0. The fourth-order valence-electron chi connectivity index (χ4n) is 1.74. The van der Waals surface area contributed by atoms with Crippen LogP contribution in [0.5, 0.6) is 0 Å². The third kappa shape index (κ3) is 88.4. The number of hydrogen-bond donors (Lipinski definition) is 1. The van der Waals surface area contributed by atoms with Crippen molar-refractivity contribution in [3.8, 4) is 0 Å². The van der Waals surface area contributed by atoms with Gasteiger partial charge in [0.25, 0.3) is 0 Å². The van der Waals surface area contributed by atoms with Crippen LogP contribution in [-0.2, 0) is 20.8 Å². The second-order valence-electron chi connectivity index (χ2n) is 5.02. The van der Waals surface area contributed by atoms with Gasteiger partial charge in [-0.2, -0.15) is 0 Å². The van der Waals surface area contributed by atoms with E-state index in [1.54, 1.807) is 0 Å². The summed E-state index contributed by atoms with van der Waals surface area (Å²) in [5.74, 6) is 0. The summed E-state index contributed by atoms with van der Waals surface area (Å²) in [5.41, 5.74) is 0. The van der Waals surface area contributed by atoms with Gasteiger partial charge in [-0.05, 0) is 0 Å². The van der Waals surface area contributed by atoms with Crippen molar-refractivity contribution < 1.29 is 70.6 Å². The Bertz CT molecular complexity index is 372. The molecule has 0 rings (SSSR count). The van der Waals surface area contributed by atoms with Crippen LogP contribution in [0, 0.1) is 35.6 Å². The van der Waals surface area contributed by atoms with E-state index in [4.69, 9.17) is 35.0 Å². The molecule has 0 spiro atoms. The van der Waals surface area contributed by atoms with E-state index in [-0.39, 0.29) is 35.6 Å². The molecular weight excluding hydrogens is 498 g/mol. The molecule has 0 heterocycles. The first kappa shape index (κ1) is 33.5. The van der Waals surface area contributed by atoms with Gasteiger partial charge < -0.3 is 13.7 Å². The van der Waals surface area contributed by atoms with Crippen LogP contribution in [0.15, 0.2) is 0 Å². The van der Waals surface area contributed by atoms with Crippen LogP contribution in [0.1, 0.15) is 71.1 Å². The van der Waals surface area contributed by atoms with Crippen molar-refractivity contribution in [1.29, 1.82) is 0 Å². The van der Waals surface area contributed by atoms with Gasteiger partial charge in [0, 0.05) is 10.4 Å². The zero-order valence-corrected chi connectivity index (χ0v) is 21.7. The molecule has 8 nitrogen and oxygen atoms in total. The molecule has 0 aromatic heterocycles. The molecule has 24 heavy (non-hydrogen) atoms. The van der Waals surface area contributed by atoms with Crippen LogP contribution in [0.3, 0.4) is 0 Å². The minimum Gasteiger partial charge on any atom is -0.759 e. The van der Waals surface area contributed by atoms with E-state index in [1.165, 1.54) is 95.8 Å². The smallest absolute Gasteiger partial charge is 0.759 e. The standard InChI is InChI=1S/C12H25.La.Na.2H2O4S/c1-3-5-7-9-11-12-10-8-6-4-2;;;2*1-5(2,3)4/h1,3-12H2,2H3;;;2*(H2,1,2,3,4)/q;+3;;;/p-3. The molecule has 0 aliphatic carbocycles. The van der Waals surface area contributed by atoms with Crippen LogP contribution >= 0.6 is 0 Å². The molecule has 12 heteroatoms. The Hall–Kier alpha value is 1.93. The molecule has 138 valence electrons. The van der Waals surface area contributed by atoms with Crippen molar-refractivity contribution in [1.82, 2.24) is 0 Å². The Balaban J connectivity index is -0.000000151. The van der Waals surface area contributed by atoms with Crippen LogP contribution in [0.25, 0.3) is 0 Å². The summed E-state index contributed by atoms with van der Waals surface area (Å²) in [6.07, 6.45) is 14.7. The largest absolute Gasteiger partial charge is 3.00 e. The second-order valence-corrected chi connectivity index (χ2v) is 7.69. The molecular formula is C12H26LaNaO8S2. The van der Waals surface area contributed by atoms with Gasteiger partial charge in [-0.3, -0.25) is 13.0 Å². The molecule has 0 atom stereocenters. The first-order chi connectivity index (χ1) is 10.4. The van der Waals surface area contributed by atoms with Gasteiger partial charge in [-0.1, -0.05) is 0 Å². The third-order valence-corrected chi connectivity index (χ3v) is 3.41. The minimum atomic E-state index is -5.17. The Morgan fingerprint density at radius 1 is 0.750 bits per heavy atom. The maximum Gasteiger partial charge on any atom is 3.00 e. The van der Waals surface area contributed by atoms with Crippen molar-refractivity contribution in [2.24, 2.45) is 0 Å². The Kier molecular flexibility index (Phi) is 32.1. The topological polar surface area (TPSA) is 158 Å². The van der Waals surface area contributed by atoms with Gasteiger partial charge in [0.2, 0.25) is 10.4 Å². The molecule has 0 aliphatic rings. The van der Waals surface area contributed by atoms with Gasteiger partial charge in [0.1, 0.15) is 0 Å². The molecule has 0 aromatic carbocycles. The predicted molar refractivity (Wildman–Crippen MR) is 85.2 cm³/mol. The summed E-state index contributed by atoms with van der Waals surface area (Å²) in [7, 11) is -10.1. The fraction of sp³-hybridized carbons (Fsp3) is 1.00. The van der Waals surface area contributed by atoms with Crippen molar-refractivity contribution in [2.75, 3.05) is 0 Å². The monoisotopic (exact) mass is 524 g/mol. The Morgan fingerprint density at radius 3 is 1.17 bits per heavy atom. The molecule has 0 aliphatic heterocycles. The van der Waals surface area contributed by atoms with Gasteiger partial charge >= 0.3 is 138 Å². The van der Waals surface area contributed by atoms with Crippen LogP contribution < -0.4 is 0 Å². The summed E-state index contributed by atoms with van der Waals surface area (Å²) in [6.45, 7) is 2.29. The molecule has 0 unspecified atom stereocenters. The molecule has 0 bridgehead atoms. The normalized spacial score (nSPS) is 10.6. The molecule has 0 saturated carbocycles. The van der Waals surface area contributed by atoms with Crippen molar-refractivity contribution in [3.05, 3.63) is 0 Å². The van der Waals surface area contributed by atoms with Crippen LogP contribution in [-0.4, -0.2) is 63.0 Å². The number of hydrogen-bond acceptors (Lipinski definition) is 7. The zero-order valence-electron chi connectivity index (χ0n) is 14.5. The number of rotatable bonds is 10. The summed E-state index contributed by atoms with van der Waals surface area (Å²) < 4.78 is 68.4. The molecule has 0 amide bonds. The van der Waals surface area contributed by atoms with Crippen LogP contribution in [0.2, 0.25) is 3.67 Å². The maximum atomic E-state index is 8.63. The van der Waals surface area contributed by atoms with Crippen molar-refractivity contribution in [2.45, 2.75) is 74.8 Å². The molecule has 0 saturated heterocycles. The number of unbranched alkanes of at least 4 members (excludes halogenated alkanes) is 9. The van der Waals surface area contributed by atoms with Crippen molar-refractivity contribution >= 4 is 48.7 Å².